The average molecular weight is 551 g/mol. The number of rotatable bonds is 9. The number of hydrogen-bond acceptors (Lipinski definition) is 6. The molecule has 2 atom stereocenters. The fraction of sp³-hybridized carbons (Fsp3) is 0.667. The molecule has 2 saturated heterocycles. The van der Waals surface area contributed by atoms with E-state index in [1.54, 1.807) is 0 Å². The van der Waals surface area contributed by atoms with Crippen molar-refractivity contribution in [2.24, 2.45) is 5.92 Å². The van der Waals surface area contributed by atoms with E-state index in [-0.39, 0.29) is 6.23 Å². The lowest BCUT2D eigenvalue weighted by Crippen LogP contribution is -2.31. The molecule has 0 amide bonds. The molecule has 9 heteroatoms. The Morgan fingerprint density at radius 3 is 2.69 bits per heavy atom. The maximum absolute atomic E-state index is 6.34. The van der Waals surface area contributed by atoms with Gasteiger partial charge in [0.25, 0.3) is 0 Å². The first-order valence-electron chi connectivity index (χ1n) is 15.1. The number of para-hydroxylation sites is 1. The summed E-state index contributed by atoms with van der Waals surface area (Å²) in [6.45, 7) is 12.5. The molecule has 5 heterocycles. The second kappa shape index (κ2) is 11.4. The van der Waals surface area contributed by atoms with E-state index >= 15 is 0 Å². The third kappa shape index (κ3) is 5.88. The van der Waals surface area contributed by atoms with Gasteiger partial charge in [0.1, 0.15) is 12.4 Å². The van der Waals surface area contributed by atoms with Crippen molar-refractivity contribution in [3.05, 3.63) is 35.7 Å². The standard InChI is InChI=1S/C30H46N6O2Si/c1-34-14-12-22(13-15-34)19-24-29-26(20-31-24)35(21-37-17-18-39(2,3)4)30(32-29)28-23-9-5-6-10-25(23)36(33-28)27-11-7-8-16-38-27/h5-6,9-10,22,24,27,31H,7-8,11-21H2,1-4H3. The minimum absolute atomic E-state index is 0.0144. The van der Waals surface area contributed by atoms with Gasteiger partial charge < -0.3 is 24.3 Å². The Morgan fingerprint density at radius 2 is 1.92 bits per heavy atom. The van der Waals surface area contributed by atoms with Crippen LogP contribution in [0, 0.1) is 5.92 Å². The van der Waals surface area contributed by atoms with Crippen LogP contribution in [0.1, 0.15) is 62.2 Å². The molecular weight excluding hydrogens is 504 g/mol. The summed E-state index contributed by atoms with van der Waals surface area (Å²) in [5.41, 5.74) is 4.53. The Hall–Kier alpha value is -2.04. The number of ether oxygens (including phenoxy) is 2. The number of piperidine rings is 1. The van der Waals surface area contributed by atoms with E-state index in [9.17, 15) is 0 Å². The first-order chi connectivity index (χ1) is 18.9. The Morgan fingerprint density at radius 1 is 1.10 bits per heavy atom. The van der Waals surface area contributed by atoms with Gasteiger partial charge >= 0.3 is 0 Å². The first-order valence-corrected chi connectivity index (χ1v) is 18.8. The molecule has 3 aliphatic heterocycles. The lowest BCUT2D eigenvalue weighted by molar-refractivity contribution is -0.0365. The third-order valence-electron chi connectivity index (χ3n) is 8.83. The van der Waals surface area contributed by atoms with E-state index in [1.807, 2.05) is 0 Å². The van der Waals surface area contributed by atoms with Gasteiger partial charge in [-0.1, -0.05) is 37.8 Å². The molecule has 0 saturated carbocycles. The van der Waals surface area contributed by atoms with Crippen LogP contribution in [0.4, 0.5) is 0 Å². The van der Waals surface area contributed by atoms with Gasteiger partial charge in [-0.05, 0) is 76.7 Å². The van der Waals surface area contributed by atoms with Gasteiger partial charge in [-0.2, -0.15) is 5.10 Å². The van der Waals surface area contributed by atoms with Gasteiger partial charge in [-0.25, -0.2) is 9.67 Å². The van der Waals surface area contributed by atoms with Crippen LogP contribution >= 0.6 is 0 Å². The summed E-state index contributed by atoms with van der Waals surface area (Å²) in [6.07, 6.45) is 6.98. The number of hydrogen-bond donors (Lipinski definition) is 1. The van der Waals surface area contributed by atoms with Crippen LogP contribution in [0.25, 0.3) is 22.4 Å². The number of imidazole rings is 1. The summed E-state index contributed by atoms with van der Waals surface area (Å²) in [4.78, 5) is 7.81. The van der Waals surface area contributed by atoms with Crippen molar-refractivity contribution < 1.29 is 9.47 Å². The monoisotopic (exact) mass is 550 g/mol. The van der Waals surface area contributed by atoms with Gasteiger partial charge in [0.05, 0.1) is 22.9 Å². The highest BCUT2D eigenvalue weighted by molar-refractivity contribution is 6.76. The molecule has 0 bridgehead atoms. The van der Waals surface area contributed by atoms with Gasteiger partial charge in [-0.15, -0.1) is 0 Å². The summed E-state index contributed by atoms with van der Waals surface area (Å²) in [5, 5.41) is 10.1. The van der Waals surface area contributed by atoms with Crippen LogP contribution in [0.5, 0.6) is 0 Å². The summed E-state index contributed by atoms with van der Waals surface area (Å²) in [7, 11) is 1.07. The zero-order chi connectivity index (χ0) is 27.0. The van der Waals surface area contributed by atoms with E-state index < -0.39 is 8.07 Å². The Bertz CT molecular complexity index is 1270. The molecule has 39 heavy (non-hydrogen) atoms. The average Bonchev–Trinajstić information content (AvgIpc) is 3.60. The number of likely N-dealkylation sites (tertiary alicyclic amines) is 1. The Labute approximate surface area is 234 Å². The Balaban J connectivity index is 1.34. The van der Waals surface area contributed by atoms with Crippen LogP contribution in [0.15, 0.2) is 24.3 Å². The van der Waals surface area contributed by atoms with Crippen LogP contribution in [-0.4, -0.2) is 65.7 Å². The predicted molar refractivity (Wildman–Crippen MR) is 158 cm³/mol. The molecule has 3 aliphatic rings. The molecule has 6 rings (SSSR count). The van der Waals surface area contributed by atoms with Gasteiger partial charge in [0.2, 0.25) is 0 Å². The van der Waals surface area contributed by atoms with Crippen LogP contribution in [-0.2, 0) is 22.7 Å². The normalized spacial score (nSPS) is 23.1. The number of benzene rings is 1. The fourth-order valence-corrected chi connectivity index (χ4v) is 7.11. The highest BCUT2D eigenvalue weighted by Gasteiger charge is 2.34. The highest BCUT2D eigenvalue weighted by Crippen LogP contribution is 2.38. The molecule has 3 aromatic rings. The van der Waals surface area contributed by atoms with Crippen molar-refractivity contribution in [3.63, 3.8) is 0 Å². The Kier molecular flexibility index (Phi) is 7.97. The summed E-state index contributed by atoms with van der Waals surface area (Å²) < 4.78 is 16.9. The largest absolute Gasteiger partial charge is 0.361 e. The second-order valence-electron chi connectivity index (χ2n) is 13.1. The quantitative estimate of drug-likeness (QED) is 0.269. The first kappa shape index (κ1) is 27.1. The number of nitrogens with one attached hydrogen (secondary N) is 1. The predicted octanol–water partition coefficient (Wildman–Crippen LogP) is 5.79. The van der Waals surface area contributed by atoms with E-state index in [0.29, 0.717) is 12.8 Å². The van der Waals surface area contributed by atoms with E-state index in [4.69, 9.17) is 19.6 Å². The maximum Gasteiger partial charge on any atom is 0.163 e. The zero-order valence-electron chi connectivity index (χ0n) is 24.3. The molecule has 0 spiro atoms. The highest BCUT2D eigenvalue weighted by atomic mass is 28.3. The van der Waals surface area contributed by atoms with Crippen molar-refractivity contribution in [2.75, 3.05) is 33.4 Å². The molecular formula is C30H46N6O2Si. The number of aromatic nitrogens is 4. The van der Waals surface area contributed by atoms with Gasteiger partial charge in [-0.3, -0.25) is 0 Å². The lowest BCUT2D eigenvalue weighted by atomic mass is 9.90. The van der Waals surface area contributed by atoms with Crippen molar-refractivity contribution in [3.8, 4) is 11.5 Å². The minimum Gasteiger partial charge on any atom is -0.361 e. The lowest BCUT2D eigenvalue weighted by Gasteiger charge is -2.30. The van der Waals surface area contributed by atoms with Gasteiger partial charge in [0, 0.05) is 33.2 Å². The number of nitrogens with zero attached hydrogens (tertiary/aromatic N) is 5. The van der Waals surface area contributed by atoms with E-state index in [2.05, 4.69) is 70.4 Å². The summed E-state index contributed by atoms with van der Waals surface area (Å²) in [5.74, 6) is 1.68. The van der Waals surface area contributed by atoms with E-state index in [0.717, 1.165) is 73.4 Å². The molecule has 2 aromatic heterocycles. The SMILES string of the molecule is CN1CCC(CC2NCc3c2nc(-c2nn(C4CCCCO4)c4ccccc24)n3COCC[Si](C)(C)C)CC1. The molecule has 8 nitrogen and oxygen atoms in total. The fourth-order valence-electron chi connectivity index (χ4n) is 6.36. The van der Waals surface area contributed by atoms with Crippen molar-refractivity contribution in [1.82, 2.24) is 29.5 Å². The minimum atomic E-state index is -1.17. The van der Waals surface area contributed by atoms with Crippen LogP contribution in [0.2, 0.25) is 25.7 Å². The van der Waals surface area contributed by atoms with Gasteiger partial charge in [0.15, 0.2) is 12.1 Å². The van der Waals surface area contributed by atoms with Crippen molar-refractivity contribution in [1.29, 1.82) is 0 Å². The smallest absolute Gasteiger partial charge is 0.163 e. The second-order valence-corrected chi connectivity index (χ2v) is 18.7. The molecule has 1 aromatic carbocycles. The molecule has 2 fully saturated rings. The van der Waals surface area contributed by atoms with Crippen molar-refractivity contribution in [2.45, 2.75) is 89.8 Å². The number of fused-ring (bicyclic) bond motifs is 2. The zero-order valence-corrected chi connectivity index (χ0v) is 25.3. The molecule has 212 valence electrons. The molecule has 1 N–H and O–H groups in total. The molecule has 0 aliphatic carbocycles. The summed E-state index contributed by atoms with van der Waals surface area (Å²) in [6, 6.07) is 10.0. The maximum atomic E-state index is 6.34. The molecule has 2 unspecified atom stereocenters. The molecule has 0 radical (unpaired) electrons. The summed E-state index contributed by atoms with van der Waals surface area (Å²) >= 11 is 0. The van der Waals surface area contributed by atoms with Crippen LogP contribution < -0.4 is 5.32 Å². The third-order valence-corrected chi connectivity index (χ3v) is 10.5. The van der Waals surface area contributed by atoms with E-state index in [1.165, 1.54) is 43.7 Å². The van der Waals surface area contributed by atoms with Crippen LogP contribution in [0.3, 0.4) is 0 Å². The van der Waals surface area contributed by atoms with Crippen molar-refractivity contribution >= 4 is 19.0 Å². The topological polar surface area (TPSA) is 69.4 Å².